The molecular formula is C15H18ClNO3. The highest BCUT2D eigenvalue weighted by molar-refractivity contribution is 6.42. The van der Waals surface area contributed by atoms with Crippen LogP contribution in [-0.4, -0.2) is 18.4 Å². The van der Waals surface area contributed by atoms with E-state index in [2.05, 4.69) is 5.32 Å². The molecule has 1 N–H and O–H groups in total. The van der Waals surface area contributed by atoms with Gasteiger partial charge in [0.1, 0.15) is 5.70 Å². The fraction of sp³-hybridized carbons (Fsp3) is 0.400. The van der Waals surface area contributed by atoms with Crippen LogP contribution in [0.15, 0.2) is 28.9 Å². The maximum Gasteiger partial charge on any atom is 0.354 e. The molecule has 0 saturated heterocycles. The van der Waals surface area contributed by atoms with Crippen molar-refractivity contribution in [3.63, 3.8) is 0 Å². The standard InChI is InChI=1S/C15H18ClNO3/c1-8(2)19-15-13(12(16)14(18)20-15)17-11-7-9(3)5-6-10(11)4/h5-8,15,17H,1-4H3/t15-/m0/s1. The number of rotatable bonds is 4. The first-order valence-electron chi connectivity index (χ1n) is 6.49. The minimum absolute atomic E-state index is 0.0385. The Labute approximate surface area is 123 Å². The van der Waals surface area contributed by atoms with Crippen LogP contribution in [0.1, 0.15) is 25.0 Å². The van der Waals surface area contributed by atoms with E-state index in [0.717, 1.165) is 16.8 Å². The van der Waals surface area contributed by atoms with Gasteiger partial charge in [-0.25, -0.2) is 4.79 Å². The van der Waals surface area contributed by atoms with Crippen molar-refractivity contribution in [1.29, 1.82) is 0 Å². The highest BCUT2D eigenvalue weighted by Gasteiger charge is 2.35. The summed E-state index contributed by atoms with van der Waals surface area (Å²) in [7, 11) is 0. The summed E-state index contributed by atoms with van der Waals surface area (Å²) < 4.78 is 10.7. The molecule has 4 nitrogen and oxygen atoms in total. The van der Waals surface area contributed by atoms with Gasteiger partial charge in [-0.05, 0) is 44.9 Å². The molecule has 0 bridgehead atoms. The van der Waals surface area contributed by atoms with Gasteiger partial charge in [-0.1, -0.05) is 23.7 Å². The second kappa shape index (κ2) is 5.85. The Hall–Kier alpha value is -1.52. The van der Waals surface area contributed by atoms with Crippen LogP contribution in [0.25, 0.3) is 0 Å². The van der Waals surface area contributed by atoms with Gasteiger partial charge >= 0.3 is 5.97 Å². The molecule has 1 aromatic carbocycles. The molecule has 1 aliphatic rings. The zero-order valence-corrected chi connectivity index (χ0v) is 12.7. The zero-order chi connectivity index (χ0) is 14.9. The lowest BCUT2D eigenvalue weighted by atomic mass is 10.1. The van der Waals surface area contributed by atoms with E-state index in [1.807, 2.05) is 45.9 Å². The monoisotopic (exact) mass is 295 g/mol. The number of benzene rings is 1. The molecule has 0 amide bonds. The fourth-order valence-electron chi connectivity index (χ4n) is 1.89. The van der Waals surface area contributed by atoms with E-state index >= 15 is 0 Å². The van der Waals surface area contributed by atoms with Gasteiger partial charge in [0.15, 0.2) is 5.03 Å². The number of aryl methyl sites for hydroxylation is 2. The largest absolute Gasteiger partial charge is 0.425 e. The van der Waals surface area contributed by atoms with Gasteiger partial charge in [0.25, 0.3) is 0 Å². The average molecular weight is 296 g/mol. The molecule has 0 fully saturated rings. The first-order chi connectivity index (χ1) is 9.38. The molecule has 2 rings (SSSR count). The van der Waals surface area contributed by atoms with E-state index in [1.165, 1.54) is 0 Å². The molecule has 0 unspecified atom stereocenters. The second-order valence-corrected chi connectivity index (χ2v) is 5.47. The molecule has 1 atom stereocenters. The summed E-state index contributed by atoms with van der Waals surface area (Å²) in [5.74, 6) is -0.565. The number of ether oxygens (including phenoxy) is 2. The van der Waals surface area contributed by atoms with Gasteiger partial charge in [0.05, 0.1) is 6.10 Å². The molecule has 5 heteroatoms. The minimum atomic E-state index is -0.782. The summed E-state index contributed by atoms with van der Waals surface area (Å²) in [5.41, 5.74) is 3.50. The third kappa shape index (κ3) is 3.14. The Morgan fingerprint density at radius 3 is 2.70 bits per heavy atom. The highest BCUT2D eigenvalue weighted by Crippen LogP contribution is 2.30. The number of esters is 1. The van der Waals surface area contributed by atoms with Crippen molar-refractivity contribution >= 4 is 23.3 Å². The highest BCUT2D eigenvalue weighted by atomic mass is 35.5. The molecule has 1 heterocycles. The van der Waals surface area contributed by atoms with Crippen molar-refractivity contribution in [3.8, 4) is 0 Å². The van der Waals surface area contributed by atoms with Gasteiger partial charge in [-0.3, -0.25) is 0 Å². The van der Waals surface area contributed by atoms with E-state index in [0.29, 0.717) is 5.70 Å². The topological polar surface area (TPSA) is 47.6 Å². The van der Waals surface area contributed by atoms with Crippen molar-refractivity contribution in [1.82, 2.24) is 0 Å². The summed E-state index contributed by atoms with van der Waals surface area (Å²) in [4.78, 5) is 11.6. The summed E-state index contributed by atoms with van der Waals surface area (Å²) in [6.45, 7) is 7.72. The molecular weight excluding hydrogens is 278 g/mol. The van der Waals surface area contributed by atoms with Crippen LogP contribution in [0, 0.1) is 13.8 Å². The summed E-state index contributed by atoms with van der Waals surface area (Å²) in [6.07, 6.45) is -0.860. The molecule has 108 valence electrons. The smallest absolute Gasteiger partial charge is 0.354 e. The quantitative estimate of drug-likeness (QED) is 0.864. The van der Waals surface area contributed by atoms with E-state index < -0.39 is 12.3 Å². The maximum absolute atomic E-state index is 11.6. The Bertz CT molecular complexity index is 566. The maximum atomic E-state index is 11.6. The first-order valence-corrected chi connectivity index (χ1v) is 6.86. The molecule has 0 aliphatic carbocycles. The van der Waals surface area contributed by atoms with E-state index in [9.17, 15) is 4.79 Å². The minimum Gasteiger partial charge on any atom is -0.425 e. The van der Waals surface area contributed by atoms with Crippen molar-refractivity contribution in [2.45, 2.75) is 40.1 Å². The molecule has 1 aromatic rings. The Morgan fingerprint density at radius 2 is 2.05 bits per heavy atom. The van der Waals surface area contributed by atoms with Gasteiger partial charge in [-0.15, -0.1) is 0 Å². The predicted octanol–water partition coefficient (Wildman–Crippen LogP) is 3.47. The first kappa shape index (κ1) is 14.9. The van der Waals surface area contributed by atoms with Crippen LogP contribution >= 0.6 is 11.6 Å². The number of carbonyl (C=O) groups excluding carboxylic acids is 1. The number of halogens is 1. The summed E-state index contributed by atoms with van der Waals surface area (Å²) in [5, 5.41) is 3.20. The van der Waals surface area contributed by atoms with Crippen LogP contribution in [-0.2, 0) is 14.3 Å². The van der Waals surface area contributed by atoms with Crippen LogP contribution in [0.3, 0.4) is 0 Å². The van der Waals surface area contributed by atoms with Crippen molar-refractivity contribution in [3.05, 3.63) is 40.1 Å². The normalized spacial score (nSPS) is 18.7. The van der Waals surface area contributed by atoms with Crippen LogP contribution in [0.4, 0.5) is 5.69 Å². The van der Waals surface area contributed by atoms with Crippen molar-refractivity contribution in [2.75, 3.05) is 5.32 Å². The Balaban J connectivity index is 2.29. The van der Waals surface area contributed by atoms with Crippen LogP contribution in [0.2, 0.25) is 0 Å². The van der Waals surface area contributed by atoms with Crippen molar-refractivity contribution < 1.29 is 14.3 Å². The Kier molecular flexibility index (Phi) is 4.35. The molecule has 0 saturated carbocycles. The van der Waals surface area contributed by atoms with Gasteiger partial charge in [-0.2, -0.15) is 0 Å². The number of cyclic esters (lactones) is 1. The third-order valence-corrected chi connectivity index (χ3v) is 3.28. The van der Waals surface area contributed by atoms with E-state index in [1.54, 1.807) is 0 Å². The number of hydrogen-bond acceptors (Lipinski definition) is 4. The summed E-state index contributed by atoms with van der Waals surface area (Å²) >= 11 is 6.01. The lowest BCUT2D eigenvalue weighted by molar-refractivity contribution is -0.165. The molecule has 1 aliphatic heterocycles. The fourth-order valence-corrected chi connectivity index (χ4v) is 2.07. The van der Waals surface area contributed by atoms with Crippen molar-refractivity contribution in [2.24, 2.45) is 0 Å². The molecule has 20 heavy (non-hydrogen) atoms. The van der Waals surface area contributed by atoms with Crippen LogP contribution < -0.4 is 5.32 Å². The summed E-state index contributed by atoms with van der Waals surface area (Å²) in [6, 6.07) is 6.01. The third-order valence-electron chi connectivity index (χ3n) is 2.92. The predicted molar refractivity (Wildman–Crippen MR) is 78.5 cm³/mol. The van der Waals surface area contributed by atoms with Gasteiger partial charge < -0.3 is 14.8 Å². The van der Waals surface area contributed by atoms with E-state index in [4.69, 9.17) is 21.1 Å². The number of nitrogens with one attached hydrogen (secondary N) is 1. The number of hydrogen-bond donors (Lipinski definition) is 1. The lowest BCUT2D eigenvalue weighted by Crippen LogP contribution is -2.24. The average Bonchev–Trinajstić information content (AvgIpc) is 2.61. The SMILES string of the molecule is Cc1ccc(C)c(NC2=C(Cl)C(=O)O[C@@H]2OC(C)C)c1. The second-order valence-electron chi connectivity index (χ2n) is 5.09. The lowest BCUT2D eigenvalue weighted by Gasteiger charge is -2.19. The molecule has 0 spiro atoms. The van der Waals surface area contributed by atoms with Crippen LogP contribution in [0.5, 0.6) is 0 Å². The Morgan fingerprint density at radius 1 is 1.35 bits per heavy atom. The van der Waals surface area contributed by atoms with Gasteiger partial charge in [0, 0.05) is 5.69 Å². The molecule has 0 radical (unpaired) electrons. The zero-order valence-electron chi connectivity index (χ0n) is 12.0. The number of anilines is 1. The molecule has 0 aromatic heterocycles. The van der Waals surface area contributed by atoms with E-state index in [-0.39, 0.29) is 11.1 Å². The number of carbonyl (C=O) groups is 1. The van der Waals surface area contributed by atoms with Gasteiger partial charge in [0.2, 0.25) is 6.29 Å².